The molecule has 3 unspecified atom stereocenters. The minimum absolute atomic E-state index is 0.0614. The predicted molar refractivity (Wildman–Crippen MR) is 126 cm³/mol. The molecule has 0 bridgehead atoms. The Morgan fingerprint density at radius 3 is 1.00 bits per heavy atom. The van der Waals surface area contributed by atoms with E-state index in [0.29, 0.717) is 0 Å². The molecule has 0 heterocycles. The highest BCUT2D eigenvalue weighted by Crippen LogP contribution is 2.55. The van der Waals surface area contributed by atoms with Gasteiger partial charge < -0.3 is 0 Å². The smallest absolute Gasteiger partial charge is 0.284 e. The van der Waals surface area contributed by atoms with Gasteiger partial charge in [0.15, 0.2) is 0 Å². The Bertz CT molecular complexity index is 345. The first kappa shape index (κ1) is 29.1. The van der Waals surface area contributed by atoms with Crippen molar-refractivity contribution in [2.45, 2.75) is 156 Å². The zero-order chi connectivity index (χ0) is 22.0. The monoisotopic (exact) mass is 434 g/mol. The zero-order valence-corrected chi connectivity index (χ0v) is 21.3. The maximum atomic E-state index is 13.8. The molecule has 0 aliphatic carbocycles. The molecule has 0 N–H and O–H groups in total. The lowest BCUT2D eigenvalue weighted by molar-refractivity contribution is 0.0204. The van der Waals surface area contributed by atoms with Gasteiger partial charge >= 0.3 is 7.82 Å². The number of phosphoric ester groups is 1. The van der Waals surface area contributed by atoms with Gasteiger partial charge in [-0.2, -0.15) is 0 Å². The SMILES string of the molecule is CCCCCC(CC)OP(=O)(OC(CC)CCCCC)OC(CC)CCCCC. The topological polar surface area (TPSA) is 44.8 Å². The second-order valence-corrected chi connectivity index (χ2v) is 9.87. The molecule has 0 saturated carbocycles. The second-order valence-electron chi connectivity index (χ2n) is 8.34. The molecule has 5 heteroatoms. The Morgan fingerprint density at radius 1 is 0.517 bits per heavy atom. The van der Waals surface area contributed by atoms with Crippen LogP contribution in [0.4, 0.5) is 0 Å². The maximum absolute atomic E-state index is 13.8. The summed E-state index contributed by atoms with van der Waals surface area (Å²) in [6.45, 7) is 12.9. The molecule has 0 radical (unpaired) electrons. The van der Waals surface area contributed by atoms with Gasteiger partial charge in [0.25, 0.3) is 0 Å². The van der Waals surface area contributed by atoms with E-state index in [1.165, 1.54) is 38.5 Å². The molecular weight excluding hydrogens is 383 g/mol. The lowest BCUT2D eigenvalue weighted by Crippen LogP contribution is -2.21. The molecule has 0 aliphatic rings. The Balaban J connectivity index is 5.16. The van der Waals surface area contributed by atoms with Crippen LogP contribution in [0.25, 0.3) is 0 Å². The Morgan fingerprint density at radius 2 is 0.793 bits per heavy atom. The van der Waals surface area contributed by atoms with Crippen molar-refractivity contribution in [1.29, 1.82) is 0 Å². The maximum Gasteiger partial charge on any atom is 0.475 e. The first-order valence-corrected chi connectivity index (χ1v) is 14.1. The van der Waals surface area contributed by atoms with Crippen LogP contribution >= 0.6 is 7.82 Å². The molecule has 0 fully saturated rings. The Labute approximate surface area is 182 Å². The molecule has 4 nitrogen and oxygen atoms in total. The average Bonchev–Trinajstić information content (AvgIpc) is 2.72. The molecule has 0 aromatic rings. The molecule has 0 rings (SSSR count). The van der Waals surface area contributed by atoms with Crippen LogP contribution in [0.2, 0.25) is 0 Å². The van der Waals surface area contributed by atoms with Crippen LogP contribution in [0.5, 0.6) is 0 Å². The lowest BCUT2D eigenvalue weighted by atomic mass is 10.1. The molecule has 176 valence electrons. The van der Waals surface area contributed by atoms with E-state index >= 15 is 0 Å². The molecule has 29 heavy (non-hydrogen) atoms. The summed E-state index contributed by atoms with van der Waals surface area (Å²) >= 11 is 0. The number of hydrogen-bond acceptors (Lipinski definition) is 4. The zero-order valence-electron chi connectivity index (χ0n) is 20.4. The van der Waals surface area contributed by atoms with Crippen molar-refractivity contribution in [3.8, 4) is 0 Å². The third-order valence-electron chi connectivity index (χ3n) is 5.59. The van der Waals surface area contributed by atoms with Crippen molar-refractivity contribution < 1.29 is 18.1 Å². The van der Waals surface area contributed by atoms with Crippen molar-refractivity contribution >= 4 is 7.82 Å². The predicted octanol–water partition coefficient (Wildman–Crippen LogP) is 9.22. The van der Waals surface area contributed by atoms with Crippen LogP contribution in [0, 0.1) is 0 Å². The van der Waals surface area contributed by atoms with Gasteiger partial charge in [0.05, 0.1) is 18.3 Å². The van der Waals surface area contributed by atoms with E-state index in [2.05, 4.69) is 41.5 Å². The molecule has 0 saturated heterocycles. The number of unbranched alkanes of at least 4 members (excludes halogenated alkanes) is 6. The quantitative estimate of drug-likeness (QED) is 0.133. The van der Waals surface area contributed by atoms with E-state index in [9.17, 15) is 4.57 Å². The average molecular weight is 435 g/mol. The normalized spacial score (nSPS) is 17.0. The summed E-state index contributed by atoms with van der Waals surface area (Å²) in [6.07, 6.45) is 15.4. The fourth-order valence-electron chi connectivity index (χ4n) is 3.48. The summed E-state index contributed by atoms with van der Waals surface area (Å²) in [5.41, 5.74) is 0. The highest BCUT2D eigenvalue weighted by Gasteiger charge is 2.35. The van der Waals surface area contributed by atoms with Crippen molar-refractivity contribution in [3.63, 3.8) is 0 Å². The summed E-state index contributed by atoms with van der Waals surface area (Å²) < 4.78 is 32.1. The third kappa shape index (κ3) is 14.7. The number of hydrogen-bond donors (Lipinski definition) is 0. The van der Waals surface area contributed by atoms with Gasteiger partial charge in [0.2, 0.25) is 0 Å². The van der Waals surface area contributed by atoms with Crippen molar-refractivity contribution in [2.75, 3.05) is 0 Å². The van der Waals surface area contributed by atoms with Crippen molar-refractivity contribution in [3.05, 3.63) is 0 Å². The van der Waals surface area contributed by atoms with E-state index < -0.39 is 7.82 Å². The minimum atomic E-state index is -3.58. The molecule has 0 spiro atoms. The fourth-order valence-corrected chi connectivity index (χ4v) is 5.49. The first-order valence-electron chi connectivity index (χ1n) is 12.6. The van der Waals surface area contributed by atoms with Crippen LogP contribution in [-0.2, 0) is 18.1 Å². The van der Waals surface area contributed by atoms with Gasteiger partial charge in [-0.15, -0.1) is 0 Å². The first-order chi connectivity index (χ1) is 14.0. The van der Waals surface area contributed by atoms with Gasteiger partial charge in [-0.05, 0) is 38.5 Å². The second kappa shape index (κ2) is 18.8. The summed E-state index contributed by atoms with van der Waals surface area (Å²) in [5.74, 6) is 0. The van der Waals surface area contributed by atoms with Gasteiger partial charge in [0.1, 0.15) is 0 Å². The molecule has 3 atom stereocenters. The lowest BCUT2D eigenvalue weighted by Gasteiger charge is -2.29. The summed E-state index contributed by atoms with van der Waals surface area (Å²) in [7, 11) is -3.58. The Kier molecular flexibility index (Phi) is 18.9. The van der Waals surface area contributed by atoms with E-state index in [1.54, 1.807) is 0 Å². The van der Waals surface area contributed by atoms with Gasteiger partial charge in [-0.25, -0.2) is 4.57 Å². The standard InChI is InChI=1S/C24H51O4P/c1-7-13-16-19-22(10-4)26-29(25,27-23(11-5)20-17-14-8-2)28-24(12-6)21-18-15-9-3/h22-24H,7-21H2,1-6H3. The van der Waals surface area contributed by atoms with E-state index in [-0.39, 0.29) is 18.3 Å². The summed E-state index contributed by atoms with van der Waals surface area (Å²) in [5, 5.41) is 0. The van der Waals surface area contributed by atoms with E-state index in [1.807, 2.05) is 0 Å². The van der Waals surface area contributed by atoms with Gasteiger partial charge in [-0.3, -0.25) is 13.6 Å². The molecular formula is C24H51O4P. The van der Waals surface area contributed by atoms with E-state index in [4.69, 9.17) is 13.6 Å². The molecule has 0 amide bonds. The van der Waals surface area contributed by atoms with Crippen molar-refractivity contribution in [1.82, 2.24) is 0 Å². The third-order valence-corrected chi connectivity index (χ3v) is 7.26. The number of phosphoric acid groups is 1. The van der Waals surface area contributed by atoms with Crippen LogP contribution in [0.3, 0.4) is 0 Å². The minimum Gasteiger partial charge on any atom is -0.284 e. The van der Waals surface area contributed by atoms with Crippen LogP contribution in [-0.4, -0.2) is 18.3 Å². The largest absolute Gasteiger partial charge is 0.475 e. The molecule has 0 aromatic heterocycles. The molecule has 0 aliphatic heterocycles. The highest BCUT2D eigenvalue weighted by molar-refractivity contribution is 7.48. The van der Waals surface area contributed by atoms with Crippen LogP contribution < -0.4 is 0 Å². The van der Waals surface area contributed by atoms with Crippen molar-refractivity contribution in [2.24, 2.45) is 0 Å². The van der Waals surface area contributed by atoms with Crippen LogP contribution in [0.15, 0.2) is 0 Å². The molecule has 0 aromatic carbocycles. The number of rotatable bonds is 21. The Hall–Kier alpha value is 0.110. The van der Waals surface area contributed by atoms with Gasteiger partial charge in [-0.1, -0.05) is 99.3 Å². The van der Waals surface area contributed by atoms with Gasteiger partial charge in [0, 0.05) is 0 Å². The van der Waals surface area contributed by atoms with E-state index in [0.717, 1.165) is 57.8 Å². The van der Waals surface area contributed by atoms with Crippen LogP contribution in [0.1, 0.15) is 138 Å². The highest BCUT2D eigenvalue weighted by atomic mass is 31.2. The summed E-state index contributed by atoms with van der Waals surface area (Å²) in [6, 6.07) is 0. The summed E-state index contributed by atoms with van der Waals surface area (Å²) in [4.78, 5) is 0. The fraction of sp³-hybridized carbons (Fsp3) is 1.00.